The van der Waals surface area contributed by atoms with Crippen LogP contribution in [0, 0.1) is 0 Å². The van der Waals surface area contributed by atoms with Crippen molar-refractivity contribution < 1.29 is 10.1 Å². The van der Waals surface area contributed by atoms with Crippen molar-refractivity contribution in [3.63, 3.8) is 0 Å². The van der Waals surface area contributed by atoms with E-state index in [4.69, 9.17) is 23.2 Å². The van der Waals surface area contributed by atoms with Crippen molar-refractivity contribution in [2.24, 2.45) is 0 Å². The highest BCUT2D eigenvalue weighted by atomic mass is 35.5. The van der Waals surface area contributed by atoms with Gasteiger partial charge in [-0.2, -0.15) is 0 Å². The van der Waals surface area contributed by atoms with Crippen LogP contribution in [0.5, 0.6) is 0 Å². The highest BCUT2D eigenvalue weighted by Gasteiger charge is 2.26. The van der Waals surface area contributed by atoms with Crippen molar-refractivity contribution in [2.75, 3.05) is 5.32 Å². The maximum Gasteiger partial charge on any atom is 0.287 e. The number of hydrogen-bond acceptors (Lipinski definition) is 1. The average molecular weight is 366 g/mol. The Balaban J connectivity index is 2.23. The molecule has 0 heterocycles. The van der Waals surface area contributed by atoms with Crippen LogP contribution >= 0.6 is 23.2 Å². The largest absolute Gasteiger partial charge is 0.330 e. The van der Waals surface area contributed by atoms with E-state index in [0.717, 1.165) is 18.4 Å². The van der Waals surface area contributed by atoms with Crippen LogP contribution in [0.3, 0.4) is 0 Å². The van der Waals surface area contributed by atoms with Crippen LogP contribution in [-0.2, 0) is 4.79 Å². The number of halogens is 2. The lowest BCUT2D eigenvalue weighted by molar-refractivity contribution is -0.715. The van der Waals surface area contributed by atoms with Gasteiger partial charge in [0.1, 0.15) is 0 Å². The van der Waals surface area contributed by atoms with E-state index in [0.29, 0.717) is 21.8 Å². The SMILES string of the molecule is CCC(CC)[NH2+][C@@H](C(=O)Nc1cc(Cl)cc(Cl)c1)c1ccccc1. The summed E-state index contributed by atoms with van der Waals surface area (Å²) in [4.78, 5) is 12.9. The molecule has 2 aromatic rings. The molecule has 0 aliphatic carbocycles. The van der Waals surface area contributed by atoms with Crippen LogP contribution in [0.25, 0.3) is 0 Å². The van der Waals surface area contributed by atoms with E-state index in [1.807, 2.05) is 30.3 Å². The molecule has 24 heavy (non-hydrogen) atoms. The summed E-state index contributed by atoms with van der Waals surface area (Å²) in [6, 6.07) is 14.9. The molecular weight excluding hydrogens is 343 g/mol. The molecule has 1 amide bonds. The summed E-state index contributed by atoms with van der Waals surface area (Å²) in [5.74, 6) is -0.0774. The second kappa shape index (κ2) is 9.07. The number of anilines is 1. The minimum atomic E-state index is -0.311. The van der Waals surface area contributed by atoms with Gasteiger partial charge in [0, 0.05) is 21.3 Å². The van der Waals surface area contributed by atoms with E-state index in [2.05, 4.69) is 24.5 Å². The quantitative estimate of drug-likeness (QED) is 0.748. The first-order valence-corrected chi connectivity index (χ1v) is 8.96. The third-order valence-corrected chi connectivity index (χ3v) is 4.52. The fourth-order valence-electron chi connectivity index (χ4n) is 2.69. The van der Waals surface area contributed by atoms with Crippen molar-refractivity contribution in [3.8, 4) is 0 Å². The van der Waals surface area contributed by atoms with Gasteiger partial charge in [-0.05, 0) is 31.0 Å². The summed E-state index contributed by atoms with van der Waals surface area (Å²) >= 11 is 12.0. The molecule has 0 bridgehead atoms. The molecule has 0 spiro atoms. The highest BCUT2D eigenvalue weighted by Crippen LogP contribution is 2.23. The first-order valence-electron chi connectivity index (χ1n) is 8.20. The zero-order valence-electron chi connectivity index (χ0n) is 13.9. The third kappa shape index (κ3) is 5.23. The number of benzene rings is 2. The Bertz CT molecular complexity index is 652. The van der Waals surface area contributed by atoms with Gasteiger partial charge < -0.3 is 10.6 Å². The minimum absolute atomic E-state index is 0.0774. The summed E-state index contributed by atoms with van der Waals surface area (Å²) in [5.41, 5.74) is 1.59. The van der Waals surface area contributed by atoms with E-state index in [1.54, 1.807) is 18.2 Å². The average Bonchev–Trinajstić information content (AvgIpc) is 2.55. The lowest BCUT2D eigenvalue weighted by atomic mass is 10.0. The zero-order chi connectivity index (χ0) is 17.5. The Morgan fingerprint density at radius 3 is 2.17 bits per heavy atom. The second-order valence-corrected chi connectivity index (χ2v) is 6.68. The summed E-state index contributed by atoms with van der Waals surface area (Å²) in [6.45, 7) is 4.28. The predicted octanol–water partition coefficient (Wildman–Crippen LogP) is 4.43. The molecule has 0 saturated heterocycles. The molecule has 5 heteroatoms. The van der Waals surface area contributed by atoms with Crippen LogP contribution in [0.2, 0.25) is 10.0 Å². The molecule has 128 valence electrons. The summed E-state index contributed by atoms with van der Waals surface area (Å²) in [7, 11) is 0. The first-order chi connectivity index (χ1) is 11.5. The van der Waals surface area contributed by atoms with Crippen LogP contribution in [0.1, 0.15) is 38.3 Å². The van der Waals surface area contributed by atoms with Crippen molar-refractivity contribution >= 4 is 34.8 Å². The molecule has 0 radical (unpaired) electrons. The van der Waals surface area contributed by atoms with Gasteiger partial charge in [-0.25, -0.2) is 0 Å². The van der Waals surface area contributed by atoms with Gasteiger partial charge in [0.15, 0.2) is 6.04 Å². The maximum atomic E-state index is 12.9. The first kappa shape index (κ1) is 18.8. The zero-order valence-corrected chi connectivity index (χ0v) is 15.4. The predicted molar refractivity (Wildman–Crippen MR) is 101 cm³/mol. The Kier molecular flexibility index (Phi) is 7.10. The molecule has 0 aliphatic rings. The fourth-order valence-corrected chi connectivity index (χ4v) is 3.22. The number of carbonyl (C=O) groups is 1. The van der Waals surface area contributed by atoms with Gasteiger partial charge in [-0.3, -0.25) is 4.79 Å². The number of quaternary nitrogens is 1. The molecule has 0 saturated carbocycles. The lowest BCUT2D eigenvalue weighted by Crippen LogP contribution is -2.92. The van der Waals surface area contributed by atoms with E-state index in [9.17, 15) is 4.79 Å². The summed E-state index contributed by atoms with van der Waals surface area (Å²) < 4.78 is 0. The number of carbonyl (C=O) groups excluding carboxylic acids is 1. The Labute approximate surface area is 153 Å². The molecule has 1 atom stereocenters. The molecule has 0 unspecified atom stereocenters. The fraction of sp³-hybridized carbons (Fsp3) is 0.316. The molecular formula is C19H23Cl2N2O+. The molecule has 3 N–H and O–H groups in total. The van der Waals surface area contributed by atoms with Crippen LogP contribution in [0.15, 0.2) is 48.5 Å². The number of amides is 1. The van der Waals surface area contributed by atoms with Gasteiger partial charge in [0.2, 0.25) is 0 Å². The van der Waals surface area contributed by atoms with Crippen LogP contribution < -0.4 is 10.6 Å². The Hall–Kier alpha value is -1.55. The molecule has 2 aromatic carbocycles. The molecule has 0 fully saturated rings. The normalized spacial score (nSPS) is 12.2. The van der Waals surface area contributed by atoms with Gasteiger partial charge >= 0.3 is 0 Å². The topological polar surface area (TPSA) is 45.7 Å². The van der Waals surface area contributed by atoms with Gasteiger partial charge in [0.25, 0.3) is 5.91 Å². The van der Waals surface area contributed by atoms with Gasteiger partial charge in [0.05, 0.1) is 6.04 Å². The van der Waals surface area contributed by atoms with Crippen molar-refractivity contribution in [1.29, 1.82) is 0 Å². The van der Waals surface area contributed by atoms with E-state index >= 15 is 0 Å². The monoisotopic (exact) mass is 365 g/mol. The number of nitrogens with two attached hydrogens (primary N) is 1. The number of nitrogens with one attached hydrogen (secondary N) is 1. The molecule has 0 aromatic heterocycles. The molecule has 3 nitrogen and oxygen atoms in total. The number of hydrogen-bond donors (Lipinski definition) is 2. The van der Waals surface area contributed by atoms with E-state index in [-0.39, 0.29) is 11.9 Å². The molecule has 0 aliphatic heterocycles. The number of rotatable bonds is 7. The van der Waals surface area contributed by atoms with Crippen molar-refractivity contribution in [3.05, 3.63) is 64.1 Å². The summed E-state index contributed by atoms with van der Waals surface area (Å²) in [6.07, 6.45) is 2.02. The van der Waals surface area contributed by atoms with Crippen molar-refractivity contribution in [2.45, 2.75) is 38.8 Å². The standard InChI is InChI=1S/C19H22Cl2N2O/c1-3-16(4-2)22-18(13-8-6-5-7-9-13)19(24)23-17-11-14(20)10-15(21)12-17/h5-12,16,18,22H,3-4H2,1-2H3,(H,23,24)/p+1/t18-/m1/s1. The van der Waals surface area contributed by atoms with Crippen LogP contribution in [0.4, 0.5) is 5.69 Å². The Morgan fingerprint density at radius 2 is 1.62 bits per heavy atom. The van der Waals surface area contributed by atoms with Gasteiger partial charge in [-0.15, -0.1) is 0 Å². The lowest BCUT2D eigenvalue weighted by Gasteiger charge is -2.21. The van der Waals surface area contributed by atoms with Crippen LogP contribution in [-0.4, -0.2) is 11.9 Å². The van der Waals surface area contributed by atoms with Crippen molar-refractivity contribution in [1.82, 2.24) is 0 Å². The smallest absolute Gasteiger partial charge is 0.287 e. The highest BCUT2D eigenvalue weighted by molar-refractivity contribution is 6.35. The maximum absolute atomic E-state index is 12.9. The van der Waals surface area contributed by atoms with E-state index < -0.39 is 0 Å². The summed E-state index contributed by atoms with van der Waals surface area (Å²) in [5, 5.41) is 6.07. The third-order valence-electron chi connectivity index (χ3n) is 4.08. The Morgan fingerprint density at radius 1 is 1.04 bits per heavy atom. The second-order valence-electron chi connectivity index (χ2n) is 5.80. The van der Waals surface area contributed by atoms with E-state index in [1.165, 1.54) is 0 Å². The minimum Gasteiger partial charge on any atom is -0.330 e. The van der Waals surface area contributed by atoms with Gasteiger partial charge in [-0.1, -0.05) is 67.4 Å². The molecule has 2 rings (SSSR count).